The molecule has 218 valence electrons. The molecule has 8 N–H and O–H groups in total. The summed E-state index contributed by atoms with van der Waals surface area (Å²) in [5.41, 5.74) is 9.27. The fraction of sp³-hybridized carbons (Fsp3) is 1.00. The summed E-state index contributed by atoms with van der Waals surface area (Å²) < 4.78 is 0. The van der Waals surface area contributed by atoms with Crippen molar-refractivity contribution >= 4 is 0 Å². The minimum atomic E-state index is -0.961. The molecule has 3 heterocycles. The molecule has 37 heavy (non-hydrogen) atoms. The Bertz CT molecular complexity index is 835. The lowest BCUT2D eigenvalue weighted by atomic mass is 9.61. The van der Waals surface area contributed by atoms with Crippen molar-refractivity contribution in [2.24, 2.45) is 29.2 Å². The van der Waals surface area contributed by atoms with Crippen LogP contribution in [0, 0.1) is 17.8 Å². The molecule has 3 fully saturated rings. The first-order valence-electron chi connectivity index (χ1n) is 14.2. The molecule has 0 radical (unpaired) electrons. The van der Waals surface area contributed by atoms with Crippen LogP contribution >= 0.6 is 0 Å². The van der Waals surface area contributed by atoms with Crippen molar-refractivity contribution in [1.82, 2.24) is 15.2 Å². The Hall–Kier alpha value is -0.360. The van der Waals surface area contributed by atoms with Gasteiger partial charge in [0.15, 0.2) is 0 Å². The quantitative estimate of drug-likeness (QED) is 0.316. The number of hydroxylamine groups is 6. The summed E-state index contributed by atoms with van der Waals surface area (Å²) >= 11 is 0. The van der Waals surface area contributed by atoms with E-state index in [9.17, 15) is 20.7 Å². The third-order valence-corrected chi connectivity index (χ3v) is 10.8. The second-order valence-electron chi connectivity index (χ2n) is 15.5. The number of hydrogen-bond acceptors (Lipinski definition) is 9. The summed E-state index contributed by atoms with van der Waals surface area (Å²) in [6.45, 7) is 20.5. The molecule has 3 rings (SSSR count). The van der Waals surface area contributed by atoms with Crippen LogP contribution in [0.5, 0.6) is 0 Å². The molecular weight excluding hydrogens is 470 g/mol. The summed E-state index contributed by atoms with van der Waals surface area (Å²) in [7, 11) is 0. The third-order valence-electron chi connectivity index (χ3n) is 10.8. The molecule has 7 unspecified atom stereocenters. The molecule has 9 heteroatoms. The van der Waals surface area contributed by atoms with Crippen LogP contribution in [-0.4, -0.2) is 87.8 Å². The number of piperidine rings is 3. The van der Waals surface area contributed by atoms with E-state index in [2.05, 4.69) is 20.8 Å². The van der Waals surface area contributed by atoms with Crippen LogP contribution in [0.15, 0.2) is 0 Å². The second kappa shape index (κ2) is 9.63. The van der Waals surface area contributed by atoms with Crippen LogP contribution in [0.4, 0.5) is 0 Å². The van der Waals surface area contributed by atoms with Gasteiger partial charge in [-0.1, -0.05) is 0 Å². The highest BCUT2D eigenvalue weighted by Gasteiger charge is 2.60. The number of nitrogens with zero attached hydrogens (tertiary/aromatic N) is 3. The van der Waals surface area contributed by atoms with Gasteiger partial charge in [-0.2, -0.15) is 15.2 Å². The molecule has 9 nitrogen and oxygen atoms in total. The Labute approximate surface area is 225 Å². The van der Waals surface area contributed by atoms with Crippen molar-refractivity contribution in [1.29, 1.82) is 0 Å². The van der Waals surface area contributed by atoms with Gasteiger partial charge in [0.1, 0.15) is 0 Å². The van der Waals surface area contributed by atoms with Gasteiger partial charge in [-0.3, -0.25) is 0 Å². The van der Waals surface area contributed by atoms with Gasteiger partial charge in [-0.25, -0.2) is 0 Å². The highest BCUT2D eigenvalue weighted by molar-refractivity contribution is 5.12. The normalized spacial score (nSPS) is 44.6. The molecule has 0 aromatic heterocycles. The van der Waals surface area contributed by atoms with Gasteiger partial charge in [0.2, 0.25) is 0 Å². The van der Waals surface area contributed by atoms with Gasteiger partial charge in [0.05, 0.1) is 17.2 Å². The second-order valence-corrected chi connectivity index (χ2v) is 15.5. The zero-order chi connectivity index (χ0) is 28.6. The number of nitrogens with two attached hydrogens (primary N) is 2. The van der Waals surface area contributed by atoms with Crippen LogP contribution in [0.2, 0.25) is 0 Å². The van der Waals surface area contributed by atoms with Crippen molar-refractivity contribution in [3.63, 3.8) is 0 Å². The molecule has 3 aliphatic heterocycles. The number of rotatable bonds is 5. The number of aliphatic hydroxyl groups excluding tert-OH is 1. The van der Waals surface area contributed by atoms with E-state index in [-0.39, 0.29) is 29.3 Å². The van der Waals surface area contributed by atoms with E-state index in [1.54, 1.807) is 0 Å². The third kappa shape index (κ3) is 5.02. The average molecular weight is 528 g/mol. The Morgan fingerprint density at radius 2 is 1.16 bits per heavy atom. The Balaban J connectivity index is 1.97. The topological polar surface area (TPSA) is 143 Å². The Kier molecular flexibility index (Phi) is 8.11. The fourth-order valence-electron chi connectivity index (χ4n) is 8.60. The largest absolute Gasteiger partial charge is 0.391 e. The monoisotopic (exact) mass is 527 g/mol. The molecule has 0 saturated carbocycles. The molecule has 3 saturated heterocycles. The SMILES string of the molecule is CC1(C)CC(CC2(C)C(O)C(CC3(C)C(CN)CCC(C)(C)N3O)CC(C)(C)N2O)C(N)C(C)(C)N1O. The molecule has 0 bridgehead atoms. The molecule has 0 aromatic rings. The van der Waals surface area contributed by atoms with Crippen LogP contribution in [0.1, 0.15) is 108 Å². The van der Waals surface area contributed by atoms with Gasteiger partial charge in [-0.15, -0.1) is 0 Å². The van der Waals surface area contributed by atoms with Crippen LogP contribution in [0.25, 0.3) is 0 Å². The molecule has 3 aliphatic rings. The first-order chi connectivity index (χ1) is 16.6. The smallest absolute Gasteiger partial charge is 0.0773 e. The van der Waals surface area contributed by atoms with Crippen LogP contribution in [-0.2, 0) is 0 Å². The molecule has 0 amide bonds. The first-order valence-corrected chi connectivity index (χ1v) is 14.2. The summed E-state index contributed by atoms with van der Waals surface area (Å²) in [6, 6.07) is -0.349. The summed E-state index contributed by atoms with van der Waals surface area (Å²) in [5.74, 6) is -0.100. The highest BCUT2D eigenvalue weighted by atomic mass is 16.5. The molecular formula is C28H57N5O4. The lowest BCUT2D eigenvalue weighted by Crippen LogP contribution is -2.73. The van der Waals surface area contributed by atoms with E-state index < -0.39 is 33.8 Å². The number of aliphatic hydroxyl groups is 1. The van der Waals surface area contributed by atoms with E-state index in [0.29, 0.717) is 32.2 Å². The Morgan fingerprint density at radius 3 is 1.70 bits per heavy atom. The summed E-state index contributed by atoms with van der Waals surface area (Å²) in [6.07, 6.45) is 3.21. The highest BCUT2D eigenvalue weighted by Crippen LogP contribution is 2.52. The van der Waals surface area contributed by atoms with Crippen molar-refractivity contribution in [3.05, 3.63) is 0 Å². The zero-order valence-corrected chi connectivity index (χ0v) is 25.1. The van der Waals surface area contributed by atoms with E-state index in [1.165, 1.54) is 15.2 Å². The minimum Gasteiger partial charge on any atom is -0.391 e. The number of hydrogen-bond donors (Lipinski definition) is 6. The zero-order valence-electron chi connectivity index (χ0n) is 25.1. The maximum atomic E-state index is 12.0. The molecule has 0 aromatic carbocycles. The lowest BCUT2D eigenvalue weighted by Gasteiger charge is -2.61. The summed E-state index contributed by atoms with van der Waals surface area (Å²) in [5, 5.41) is 50.1. The van der Waals surface area contributed by atoms with Crippen molar-refractivity contribution in [2.75, 3.05) is 6.54 Å². The van der Waals surface area contributed by atoms with Crippen molar-refractivity contribution in [3.8, 4) is 0 Å². The van der Waals surface area contributed by atoms with E-state index in [1.807, 2.05) is 48.5 Å². The standard InChI is InChI=1S/C28H57N5O4/c1-23(2)12-11-20(17-29)27(9,32(23)36)16-19-14-25(5,6)33(37)28(10,22(19)34)15-18-13-24(3,4)31(35)26(7,8)21(18)30/h18-22,34-37H,11-17,29-30H2,1-10H3. The lowest BCUT2D eigenvalue weighted by molar-refractivity contribution is -0.310. The van der Waals surface area contributed by atoms with Gasteiger partial charge >= 0.3 is 0 Å². The average Bonchev–Trinajstić information content (AvgIpc) is 2.78. The molecule has 0 aliphatic carbocycles. The fourth-order valence-corrected chi connectivity index (χ4v) is 8.60. The Morgan fingerprint density at radius 1 is 0.703 bits per heavy atom. The molecule has 0 spiro atoms. The van der Waals surface area contributed by atoms with Gasteiger partial charge in [0.25, 0.3) is 0 Å². The predicted molar refractivity (Wildman–Crippen MR) is 145 cm³/mol. The maximum absolute atomic E-state index is 12.0. The maximum Gasteiger partial charge on any atom is 0.0773 e. The van der Waals surface area contributed by atoms with Crippen LogP contribution < -0.4 is 11.5 Å². The first kappa shape index (κ1) is 31.2. The van der Waals surface area contributed by atoms with Crippen molar-refractivity contribution in [2.45, 2.75) is 153 Å². The predicted octanol–water partition coefficient (Wildman–Crippen LogP) is 3.57. The molecule has 7 atom stereocenters. The van der Waals surface area contributed by atoms with Crippen molar-refractivity contribution < 1.29 is 20.7 Å². The van der Waals surface area contributed by atoms with E-state index >= 15 is 0 Å². The van der Waals surface area contributed by atoms with Gasteiger partial charge in [-0.05, 0) is 132 Å². The van der Waals surface area contributed by atoms with Gasteiger partial charge in [0, 0.05) is 28.2 Å². The summed E-state index contributed by atoms with van der Waals surface area (Å²) in [4.78, 5) is 0. The minimum absolute atomic E-state index is 0.0346. The van der Waals surface area contributed by atoms with E-state index in [4.69, 9.17) is 11.5 Å². The van der Waals surface area contributed by atoms with Gasteiger partial charge < -0.3 is 32.2 Å². The van der Waals surface area contributed by atoms with E-state index in [0.717, 1.165) is 12.8 Å². The van der Waals surface area contributed by atoms with Crippen LogP contribution in [0.3, 0.4) is 0 Å².